The summed E-state index contributed by atoms with van der Waals surface area (Å²) in [7, 11) is 0. The molecule has 0 aliphatic carbocycles. The number of nitrogens with one attached hydrogen (secondary N) is 1. The molecular formula is C14H15ClN4O3S. The SMILES string of the molecule is CCOC(=O)Oc1cnc(SC)nc1Nc1ccc(Cl)cc1N. The molecule has 2 aromatic rings. The van der Waals surface area contributed by atoms with Gasteiger partial charge in [-0.05, 0) is 31.4 Å². The van der Waals surface area contributed by atoms with Crippen molar-refractivity contribution in [1.82, 2.24) is 9.97 Å². The highest BCUT2D eigenvalue weighted by Gasteiger charge is 2.14. The lowest BCUT2D eigenvalue weighted by molar-refractivity contribution is 0.104. The first kappa shape index (κ1) is 17.2. The van der Waals surface area contributed by atoms with Crippen molar-refractivity contribution in [2.45, 2.75) is 12.1 Å². The molecule has 0 saturated heterocycles. The number of rotatable bonds is 5. The molecule has 1 aromatic heterocycles. The van der Waals surface area contributed by atoms with Crippen LogP contribution in [0.5, 0.6) is 5.75 Å². The Morgan fingerprint density at radius 1 is 1.48 bits per heavy atom. The van der Waals surface area contributed by atoms with Gasteiger partial charge in [-0.15, -0.1) is 0 Å². The summed E-state index contributed by atoms with van der Waals surface area (Å²) in [5, 5.41) is 4.04. The molecule has 23 heavy (non-hydrogen) atoms. The zero-order chi connectivity index (χ0) is 16.8. The number of hydrogen-bond acceptors (Lipinski definition) is 8. The van der Waals surface area contributed by atoms with Crippen molar-refractivity contribution in [2.24, 2.45) is 0 Å². The number of thioether (sulfide) groups is 1. The van der Waals surface area contributed by atoms with Gasteiger partial charge in [0.2, 0.25) is 0 Å². The smallest absolute Gasteiger partial charge is 0.434 e. The second-order valence-electron chi connectivity index (χ2n) is 4.21. The Morgan fingerprint density at radius 2 is 2.26 bits per heavy atom. The third-order valence-electron chi connectivity index (χ3n) is 2.64. The van der Waals surface area contributed by atoms with Crippen molar-refractivity contribution in [3.63, 3.8) is 0 Å². The first-order valence-corrected chi connectivity index (χ1v) is 8.21. The molecule has 0 fully saturated rings. The molecule has 1 heterocycles. The Morgan fingerprint density at radius 3 is 2.91 bits per heavy atom. The number of carbonyl (C=O) groups is 1. The maximum Gasteiger partial charge on any atom is 0.514 e. The molecule has 0 spiro atoms. The topological polar surface area (TPSA) is 99.4 Å². The molecule has 7 nitrogen and oxygen atoms in total. The van der Waals surface area contributed by atoms with Crippen LogP contribution in [0, 0.1) is 0 Å². The summed E-state index contributed by atoms with van der Waals surface area (Å²) in [6.45, 7) is 1.89. The predicted octanol–water partition coefficient (Wildman–Crippen LogP) is 3.71. The second-order valence-corrected chi connectivity index (χ2v) is 5.42. The standard InChI is InChI=1S/C14H15ClN4O3S/c1-3-21-14(20)22-11-7-17-13(23-2)19-12(11)18-10-5-4-8(15)6-9(10)16/h4-7H,3,16H2,1-2H3,(H,17,18,19). The fourth-order valence-corrected chi connectivity index (χ4v) is 2.15. The molecular weight excluding hydrogens is 340 g/mol. The van der Waals surface area contributed by atoms with Gasteiger partial charge in [0.05, 0.1) is 24.2 Å². The van der Waals surface area contributed by atoms with E-state index >= 15 is 0 Å². The van der Waals surface area contributed by atoms with Crippen LogP contribution in [0.2, 0.25) is 5.02 Å². The van der Waals surface area contributed by atoms with Gasteiger partial charge in [0.15, 0.2) is 16.7 Å². The summed E-state index contributed by atoms with van der Waals surface area (Å²) in [6, 6.07) is 4.99. The van der Waals surface area contributed by atoms with E-state index in [0.717, 1.165) is 0 Å². The number of hydrogen-bond donors (Lipinski definition) is 2. The van der Waals surface area contributed by atoms with Gasteiger partial charge in [-0.2, -0.15) is 0 Å². The predicted molar refractivity (Wildman–Crippen MR) is 90.6 cm³/mol. The maximum absolute atomic E-state index is 11.5. The van der Waals surface area contributed by atoms with Gasteiger partial charge in [0.1, 0.15) is 0 Å². The number of aromatic nitrogens is 2. The number of benzene rings is 1. The lowest BCUT2D eigenvalue weighted by Crippen LogP contribution is -2.12. The van der Waals surface area contributed by atoms with Crippen LogP contribution in [0.15, 0.2) is 29.6 Å². The Balaban J connectivity index is 2.32. The Hall–Kier alpha value is -2.19. The van der Waals surface area contributed by atoms with Gasteiger partial charge in [0.25, 0.3) is 0 Å². The normalized spacial score (nSPS) is 10.2. The molecule has 3 N–H and O–H groups in total. The van der Waals surface area contributed by atoms with E-state index in [1.54, 1.807) is 25.1 Å². The Labute approximate surface area is 142 Å². The van der Waals surface area contributed by atoms with E-state index in [9.17, 15) is 4.79 Å². The molecule has 0 amide bonds. The minimum Gasteiger partial charge on any atom is -0.434 e. The highest BCUT2D eigenvalue weighted by molar-refractivity contribution is 7.98. The third-order valence-corrected chi connectivity index (χ3v) is 3.43. The van der Waals surface area contributed by atoms with E-state index < -0.39 is 6.16 Å². The summed E-state index contributed by atoms with van der Waals surface area (Å²) >= 11 is 7.23. The Bertz CT molecular complexity index is 714. The number of anilines is 3. The van der Waals surface area contributed by atoms with Gasteiger partial charge in [-0.1, -0.05) is 23.4 Å². The zero-order valence-corrected chi connectivity index (χ0v) is 14.1. The van der Waals surface area contributed by atoms with Crippen LogP contribution < -0.4 is 15.8 Å². The molecule has 0 aliphatic rings. The highest BCUT2D eigenvalue weighted by Crippen LogP contribution is 2.31. The molecule has 9 heteroatoms. The van der Waals surface area contributed by atoms with E-state index in [-0.39, 0.29) is 12.4 Å². The summed E-state index contributed by atoms with van der Waals surface area (Å²) in [4.78, 5) is 19.9. The molecule has 122 valence electrons. The highest BCUT2D eigenvalue weighted by atomic mass is 35.5. The first-order valence-electron chi connectivity index (χ1n) is 6.61. The van der Waals surface area contributed by atoms with Gasteiger partial charge in [0, 0.05) is 5.02 Å². The second kappa shape index (κ2) is 7.89. The van der Waals surface area contributed by atoms with Gasteiger partial charge >= 0.3 is 6.16 Å². The third kappa shape index (κ3) is 4.64. The summed E-state index contributed by atoms with van der Waals surface area (Å²) in [5.41, 5.74) is 6.92. The average molecular weight is 355 g/mol. The number of nitrogens with two attached hydrogens (primary N) is 1. The van der Waals surface area contributed by atoms with E-state index in [1.807, 2.05) is 6.26 Å². The average Bonchev–Trinajstić information content (AvgIpc) is 2.51. The fourth-order valence-electron chi connectivity index (χ4n) is 1.63. The van der Waals surface area contributed by atoms with Crippen molar-refractivity contribution in [2.75, 3.05) is 23.9 Å². The summed E-state index contributed by atoms with van der Waals surface area (Å²) < 4.78 is 9.85. The first-order chi connectivity index (χ1) is 11.0. The van der Waals surface area contributed by atoms with E-state index in [2.05, 4.69) is 15.3 Å². The van der Waals surface area contributed by atoms with Crippen LogP contribution in [-0.4, -0.2) is 29.0 Å². The van der Waals surface area contributed by atoms with Gasteiger partial charge < -0.3 is 20.5 Å². The van der Waals surface area contributed by atoms with E-state index in [4.69, 9.17) is 26.8 Å². The number of nitrogen functional groups attached to an aromatic ring is 1. The number of ether oxygens (including phenoxy) is 2. The number of halogens is 1. The lowest BCUT2D eigenvalue weighted by atomic mass is 10.2. The van der Waals surface area contributed by atoms with Crippen LogP contribution in [-0.2, 0) is 4.74 Å². The maximum atomic E-state index is 11.5. The number of carbonyl (C=O) groups excluding carboxylic acids is 1. The summed E-state index contributed by atoms with van der Waals surface area (Å²) in [6.07, 6.45) is 2.39. The van der Waals surface area contributed by atoms with Crippen molar-refractivity contribution < 1.29 is 14.3 Å². The largest absolute Gasteiger partial charge is 0.514 e. The van der Waals surface area contributed by atoms with Crippen molar-refractivity contribution >= 4 is 46.7 Å². The molecule has 0 unspecified atom stereocenters. The molecule has 0 radical (unpaired) electrons. The fraction of sp³-hybridized carbons (Fsp3) is 0.214. The number of nitrogens with zero attached hydrogens (tertiary/aromatic N) is 2. The lowest BCUT2D eigenvalue weighted by Gasteiger charge is -2.13. The zero-order valence-electron chi connectivity index (χ0n) is 12.5. The van der Waals surface area contributed by atoms with Gasteiger partial charge in [-0.3, -0.25) is 0 Å². The van der Waals surface area contributed by atoms with Crippen LogP contribution in [0.4, 0.5) is 22.0 Å². The van der Waals surface area contributed by atoms with Crippen LogP contribution in [0.3, 0.4) is 0 Å². The van der Waals surface area contributed by atoms with E-state index in [1.165, 1.54) is 18.0 Å². The van der Waals surface area contributed by atoms with Crippen LogP contribution >= 0.6 is 23.4 Å². The molecule has 0 aliphatic heterocycles. The summed E-state index contributed by atoms with van der Waals surface area (Å²) in [5.74, 6) is 0.432. The Kier molecular flexibility index (Phi) is 5.89. The monoisotopic (exact) mass is 354 g/mol. The molecule has 2 rings (SSSR count). The van der Waals surface area contributed by atoms with Crippen LogP contribution in [0.1, 0.15) is 6.92 Å². The van der Waals surface area contributed by atoms with Crippen molar-refractivity contribution in [1.29, 1.82) is 0 Å². The minimum atomic E-state index is -0.833. The van der Waals surface area contributed by atoms with Gasteiger partial charge in [-0.25, -0.2) is 14.8 Å². The molecule has 0 bridgehead atoms. The van der Waals surface area contributed by atoms with Crippen molar-refractivity contribution in [3.8, 4) is 5.75 Å². The minimum absolute atomic E-state index is 0.135. The van der Waals surface area contributed by atoms with Crippen LogP contribution in [0.25, 0.3) is 0 Å². The molecule has 0 saturated carbocycles. The van der Waals surface area contributed by atoms with Crippen molar-refractivity contribution in [3.05, 3.63) is 29.4 Å². The quantitative estimate of drug-likeness (QED) is 0.363. The van der Waals surface area contributed by atoms with E-state index in [0.29, 0.717) is 27.4 Å². The molecule has 1 aromatic carbocycles. The molecule has 0 atom stereocenters.